The highest BCUT2D eigenvalue weighted by molar-refractivity contribution is 7.07. The number of carbonyl (C=O) groups excluding carboxylic acids is 1. The Morgan fingerprint density at radius 1 is 1.35 bits per heavy atom. The van der Waals surface area contributed by atoms with Crippen LogP contribution >= 0.6 is 11.3 Å². The number of rotatable bonds is 5. The van der Waals surface area contributed by atoms with Crippen LogP contribution in [-0.4, -0.2) is 29.9 Å². The molecule has 1 amide bonds. The molecule has 5 rings (SSSR count). The summed E-state index contributed by atoms with van der Waals surface area (Å²) in [6.45, 7) is 3.10. The summed E-state index contributed by atoms with van der Waals surface area (Å²) in [5.41, 5.74) is 1.77. The molecule has 1 aromatic rings. The summed E-state index contributed by atoms with van der Waals surface area (Å²) in [5, 5.41) is 7.82. The zero-order valence-electron chi connectivity index (χ0n) is 13.7. The zero-order valence-corrected chi connectivity index (χ0v) is 14.5. The van der Waals surface area contributed by atoms with Gasteiger partial charge in [-0.15, -0.1) is 0 Å². The van der Waals surface area contributed by atoms with Crippen molar-refractivity contribution in [2.75, 3.05) is 13.1 Å². The fourth-order valence-corrected chi connectivity index (χ4v) is 5.57. The molecule has 0 bridgehead atoms. The molecule has 0 aromatic carbocycles. The highest BCUT2D eigenvalue weighted by Crippen LogP contribution is 2.59. The molecule has 0 unspecified atom stereocenters. The number of piperidine rings is 1. The van der Waals surface area contributed by atoms with Crippen LogP contribution in [0, 0.1) is 23.2 Å². The Kier molecular flexibility index (Phi) is 3.35. The van der Waals surface area contributed by atoms with Crippen LogP contribution in [0.15, 0.2) is 16.8 Å². The van der Waals surface area contributed by atoms with E-state index in [1.807, 2.05) is 0 Å². The van der Waals surface area contributed by atoms with Crippen LogP contribution in [0.1, 0.15) is 44.1 Å². The minimum absolute atomic E-state index is 0.362. The molecule has 1 spiro atoms. The number of amides is 1. The number of carbonyl (C=O) groups is 1. The smallest absolute Gasteiger partial charge is 0.226 e. The second-order valence-corrected chi connectivity index (χ2v) is 9.05. The van der Waals surface area contributed by atoms with Crippen molar-refractivity contribution in [1.29, 1.82) is 0 Å². The largest absolute Gasteiger partial charge is 0.335 e. The Balaban J connectivity index is 1.33. The molecule has 1 aromatic heterocycles. The van der Waals surface area contributed by atoms with Crippen molar-refractivity contribution in [3.8, 4) is 0 Å². The minimum Gasteiger partial charge on any atom is -0.335 e. The van der Waals surface area contributed by atoms with Gasteiger partial charge in [-0.2, -0.15) is 11.3 Å². The lowest BCUT2D eigenvalue weighted by Gasteiger charge is -2.30. The van der Waals surface area contributed by atoms with E-state index in [0.29, 0.717) is 23.3 Å². The molecule has 23 heavy (non-hydrogen) atoms. The summed E-state index contributed by atoms with van der Waals surface area (Å²) in [4.78, 5) is 15.5. The second-order valence-electron chi connectivity index (χ2n) is 8.27. The van der Waals surface area contributed by atoms with Crippen molar-refractivity contribution in [2.24, 2.45) is 23.2 Å². The van der Waals surface area contributed by atoms with Gasteiger partial charge in [0, 0.05) is 18.5 Å². The molecule has 4 heteroatoms. The number of nitrogens with one attached hydrogen (secondary N) is 1. The predicted molar refractivity (Wildman–Crippen MR) is 92.1 cm³/mol. The van der Waals surface area contributed by atoms with Gasteiger partial charge in [0.1, 0.15) is 0 Å². The summed E-state index contributed by atoms with van der Waals surface area (Å²) >= 11 is 1.74. The van der Waals surface area contributed by atoms with E-state index in [0.717, 1.165) is 31.5 Å². The first kappa shape index (κ1) is 14.5. The van der Waals surface area contributed by atoms with Crippen LogP contribution < -0.4 is 5.32 Å². The molecule has 3 atom stereocenters. The van der Waals surface area contributed by atoms with Gasteiger partial charge in [0.25, 0.3) is 0 Å². The summed E-state index contributed by atoms with van der Waals surface area (Å²) < 4.78 is 0. The Hall–Kier alpha value is -0.870. The van der Waals surface area contributed by atoms with Gasteiger partial charge in [-0.3, -0.25) is 4.79 Å². The number of hydrogen-bond acceptors (Lipinski definition) is 3. The fraction of sp³-hybridized carbons (Fsp3) is 0.737. The quantitative estimate of drug-likeness (QED) is 0.899. The fourth-order valence-electron chi connectivity index (χ4n) is 4.91. The molecule has 1 saturated heterocycles. The van der Waals surface area contributed by atoms with Crippen LogP contribution in [-0.2, 0) is 11.3 Å². The van der Waals surface area contributed by atoms with Crippen molar-refractivity contribution >= 4 is 17.2 Å². The standard InChI is InChI=1S/C19H26N2OS/c22-18(16-9-15(16)14-1-2-14)21(11-13-3-8-23-12-13)17-10-19(17)4-6-20-7-5-19/h3,8,12,14-17,20H,1-2,4-7,9-11H2/t15-,16+,17-/m0/s1. The van der Waals surface area contributed by atoms with Gasteiger partial charge in [0.2, 0.25) is 5.91 Å². The number of thiophene rings is 1. The van der Waals surface area contributed by atoms with Gasteiger partial charge in [0.15, 0.2) is 0 Å². The molecule has 3 saturated carbocycles. The lowest BCUT2D eigenvalue weighted by molar-refractivity contribution is -0.135. The molecule has 4 fully saturated rings. The summed E-state index contributed by atoms with van der Waals surface area (Å²) in [6.07, 6.45) is 7.66. The van der Waals surface area contributed by atoms with Gasteiger partial charge in [-0.05, 0) is 91.3 Å². The maximum Gasteiger partial charge on any atom is 0.226 e. The lowest BCUT2D eigenvalue weighted by Crippen LogP contribution is -2.40. The first-order chi connectivity index (χ1) is 11.3. The third kappa shape index (κ3) is 2.64. The second kappa shape index (κ2) is 5.32. The van der Waals surface area contributed by atoms with Gasteiger partial charge >= 0.3 is 0 Å². The van der Waals surface area contributed by atoms with E-state index in [4.69, 9.17) is 0 Å². The van der Waals surface area contributed by atoms with Crippen LogP contribution in [0.2, 0.25) is 0 Å². The normalized spacial score (nSPS) is 34.3. The van der Waals surface area contributed by atoms with Gasteiger partial charge in [-0.25, -0.2) is 0 Å². The molecule has 0 radical (unpaired) electrons. The maximum absolute atomic E-state index is 13.2. The molecule has 3 aliphatic carbocycles. The zero-order chi connectivity index (χ0) is 15.4. The third-order valence-electron chi connectivity index (χ3n) is 6.72. The highest BCUT2D eigenvalue weighted by Gasteiger charge is 2.60. The predicted octanol–water partition coefficient (Wildman–Crippen LogP) is 3.26. The van der Waals surface area contributed by atoms with Crippen LogP contribution in [0.25, 0.3) is 0 Å². The Morgan fingerprint density at radius 2 is 2.17 bits per heavy atom. The van der Waals surface area contributed by atoms with E-state index in [2.05, 4.69) is 27.0 Å². The monoisotopic (exact) mass is 330 g/mol. The Bertz CT molecular complexity index is 589. The van der Waals surface area contributed by atoms with Crippen LogP contribution in [0.3, 0.4) is 0 Å². The van der Waals surface area contributed by atoms with Gasteiger partial charge in [-0.1, -0.05) is 0 Å². The summed E-state index contributed by atoms with van der Waals surface area (Å²) in [5.74, 6) is 2.46. The summed E-state index contributed by atoms with van der Waals surface area (Å²) in [7, 11) is 0. The van der Waals surface area contributed by atoms with Crippen molar-refractivity contribution in [2.45, 2.75) is 51.1 Å². The summed E-state index contributed by atoms with van der Waals surface area (Å²) in [6, 6.07) is 2.70. The Labute approximate surface area is 142 Å². The molecule has 2 heterocycles. The van der Waals surface area contributed by atoms with Crippen molar-refractivity contribution < 1.29 is 4.79 Å². The van der Waals surface area contributed by atoms with Crippen LogP contribution in [0.5, 0.6) is 0 Å². The average molecular weight is 330 g/mol. The number of hydrogen-bond donors (Lipinski definition) is 1. The van der Waals surface area contributed by atoms with Gasteiger partial charge < -0.3 is 10.2 Å². The molecule has 1 N–H and O–H groups in total. The average Bonchev–Trinajstić information content (AvgIpc) is 3.46. The molecular weight excluding hydrogens is 304 g/mol. The highest BCUT2D eigenvalue weighted by atomic mass is 32.1. The first-order valence-corrected chi connectivity index (χ1v) is 10.2. The number of nitrogens with zero attached hydrogens (tertiary/aromatic N) is 1. The van der Waals surface area contributed by atoms with Crippen molar-refractivity contribution in [1.82, 2.24) is 10.2 Å². The molecule has 1 aliphatic heterocycles. The van der Waals surface area contributed by atoms with Crippen LogP contribution in [0.4, 0.5) is 0 Å². The van der Waals surface area contributed by atoms with E-state index in [1.54, 1.807) is 11.3 Å². The van der Waals surface area contributed by atoms with E-state index < -0.39 is 0 Å². The van der Waals surface area contributed by atoms with E-state index in [1.165, 1.54) is 44.1 Å². The van der Waals surface area contributed by atoms with E-state index in [-0.39, 0.29) is 0 Å². The lowest BCUT2D eigenvalue weighted by atomic mass is 9.93. The molecule has 4 aliphatic rings. The third-order valence-corrected chi connectivity index (χ3v) is 7.45. The molecule has 3 nitrogen and oxygen atoms in total. The molecule has 124 valence electrons. The van der Waals surface area contributed by atoms with Gasteiger partial charge in [0.05, 0.1) is 0 Å². The van der Waals surface area contributed by atoms with E-state index in [9.17, 15) is 4.79 Å². The maximum atomic E-state index is 13.2. The molecular formula is C19H26N2OS. The van der Waals surface area contributed by atoms with Crippen molar-refractivity contribution in [3.05, 3.63) is 22.4 Å². The Morgan fingerprint density at radius 3 is 2.87 bits per heavy atom. The SMILES string of the molecule is O=C([C@@H]1C[C@H]1C1CC1)N(Cc1ccsc1)[C@H]1CC12CCNCC2. The first-order valence-electron chi connectivity index (χ1n) is 9.29. The topological polar surface area (TPSA) is 32.3 Å². The van der Waals surface area contributed by atoms with Crippen molar-refractivity contribution in [3.63, 3.8) is 0 Å². The minimum atomic E-state index is 0.362. The van der Waals surface area contributed by atoms with E-state index >= 15 is 0 Å².